The Morgan fingerprint density at radius 3 is 2.57 bits per heavy atom. The summed E-state index contributed by atoms with van der Waals surface area (Å²) in [5, 5.41) is 5.85. The zero-order chi connectivity index (χ0) is 15.4. The first-order valence-corrected chi connectivity index (χ1v) is 6.65. The summed E-state index contributed by atoms with van der Waals surface area (Å²) in [6.45, 7) is 1.84. The van der Waals surface area contributed by atoms with Crippen molar-refractivity contribution in [1.82, 2.24) is 0 Å². The summed E-state index contributed by atoms with van der Waals surface area (Å²) in [5.74, 6) is 0.583. The number of hydrogen-bond acceptors (Lipinski definition) is 3. The largest absolute Gasteiger partial charge is 0.495 e. The molecule has 0 atom stereocenters. The van der Waals surface area contributed by atoms with Crippen LogP contribution in [-0.4, -0.2) is 13.1 Å². The molecule has 0 heterocycles. The number of hydrogen-bond donors (Lipinski definition) is 3. The first-order chi connectivity index (χ1) is 10.0. The summed E-state index contributed by atoms with van der Waals surface area (Å²) < 4.78 is 5.17. The lowest BCUT2D eigenvalue weighted by molar-refractivity contribution is 0.262. The number of nitrogens with two attached hydrogens (primary N) is 1. The number of halogens is 1. The van der Waals surface area contributed by atoms with Crippen LogP contribution in [0, 0.1) is 6.92 Å². The van der Waals surface area contributed by atoms with Gasteiger partial charge in [0.05, 0.1) is 23.5 Å². The van der Waals surface area contributed by atoms with E-state index in [1.807, 2.05) is 19.1 Å². The van der Waals surface area contributed by atoms with Gasteiger partial charge < -0.3 is 21.1 Å². The Labute approximate surface area is 128 Å². The molecule has 0 saturated heterocycles. The normalized spacial score (nSPS) is 10.0. The number of carbonyl (C=O) groups excluding carboxylic acids is 1. The number of benzene rings is 2. The smallest absolute Gasteiger partial charge is 0.323 e. The number of carbonyl (C=O) groups is 1. The predicted molar refractivity (Wildman–Crippen MR) is 86.2 cm³/mol. The van der Waals surface area contributed by atoms with Crippen molar-refractivity contribution in [2.24, 2.45) is 0 Å². The quantitative estimate of drug-likeness (QED) is 0.753. The highest BCUT2D eigenvalue weighted by molar-refractivity contribution is 6.33. The van der Waals surface area contributed by atoms with Gasteiger partial charge in [0.1, 0.15) is 5.75 Å². The van der Waals surface area contributed by atoms with Crippen LogP contribution in [0.1, 0.15) is 5.56 Å². The van der Waals surface area contributed by atoms with Gasteiger partial charge in [0.25, 0.3) is 0 Å². The Hall–Kier alpha value is -2.40. The number of nitrogens with one attached hydrogen (secondary N) is 2. The van der Waals surface area contributed by atoms with Gasteiger partial charge >= 0.3 is 6.03 Å². The van der Waals surface area contributed by atoms with Crippen LogP contribution in [-0.2, 0) is 0 Å². The minimum absolute atomic E-state index is 0.386. The van der Waals surface area contributed by atoms with E-state index in [2.05, 4.69) is 10.6 Å². The maximum Gasteiger partial charge on any atom is 0.323 e. The summed E-state index contributed by atoms with van der Waals surface area (Å²) in [6.07, 6.45) is 0. The molecule has 0 aliphatic rings. The van der Waals surface area contributed by atoms with Gasteiger partial charge in [-0.05, 0) is 36.8 Å². The van der Waals surface area contributed by atoms with Crippen LogP contribution >= 0.6 is 11.6 Å². The minimum Gasteiger partial charge on any atom is -0.495 e. The molecule has 2 rings (SSSR count). The van der Waals surface area contributed by atoms with Crippen molar-refractivity contribution >= 4 is 34.7 Å². The summed E-state index contributed by atoms with van der Waals surface area (Å²) in [7, 11) is 1.54. The fourth-order valence-corrected chi connectivity index (χ4v) is 2.03. The highest BCUT2D eigenvalue weighted by Gasteiger charge is 2.09. The second kappa shape index (κ2) is 6.37. The average molecular weight is 306 g/mol. The lowest BCUT2D eigenvalue weighted by Gasteiger charge is -2.13. The monoisotopic (exact) mass is 305 g/mol. The number of amides is 2. The SMILES string of the molecule is COc1ccccc1NC(=O)Nc1cc(Cl)c(N)cc1C. The zero-order valence-corrected chi connectivity index (χ0v) is 12.5. The second-order valence-electron chi connectivity index (χ2n) is 4.47. The van der Waals surface area contributed by atoms with Crippen LogP contribution < -0.4 is 21.1 Å². The van der Waals surface area contributed by atoms with E-state index in [4.69, 9.17) is 22.1 Å². The van der Waals surface area contributed by atoms with E-state index < -0.39 is 0 Å². The van der Waals surface area contributed by atoms with Crippen molar-refractivity contribution in [2.75, 3.05) is 23.5 Å². The van der Waals surface area contributed by atoms with Gasteiger partial charge in [-0.2, -0.15) is 0 Å². The van der Waals surface area contributed by atoms with Crippen LogP contribution in [0.3, 0.4) is 0 Å². The molecule has 0 aliphatic heterocycles. The van der Waals surface area contributed by atoms with E-state index >= 15 is 0 Å². The lowest BCUT2D eigenvalue weighted by atomic mass is 10.2. The Kier molecular flexibility index (Phi) is 4.55. The first-order valence-electron chi connectivity index (χ1n) is 6.28. The third-order valence-corrected chi connectivity index (χ3v) is 3.27. The number of aryl methyl sites for hydroxylation is 1. The third-order valence-electron chi connectivity index (χ3n) is 2.95. The van der Waals surface area contributed by atoms with E-state index in [1.54, 1.807) is 31.4 Å². The number of rotatable bonds is 3. The van der Waals surface area contributed by atoms with E-state index in [0.29, 0.717) is 27.8 Å². The van der Waals surface area contributed by atoms with E-state index in [9.17, 15) is 4.79 Å². The lowest BCUT2D eigenvalue weighted by Crippen LogP contribution is -2.20. The Morgan fingerprint density at radius 2 is 1.86 bits per heavy atom. The summed E-state index contributed by atoms with van der Waals surface area (Å²) >= 11 is 5.96. The molecule has 0 fully saturated rings. The second-order valence-corrected chi connectivity index (χ2v) is 4.88. The van der Waals surface area contributed by atoms with Crippen LogP contribution in [0.25, 0.3) is 0 Å². The van der Waals surface area contributed by atoms with Crippen LogP contribution in [0.5, 0.6) is 5.75 Å². The third kappa shape index (κ3) is 3.58. The molecule has 0 bridgehead atoms. The van der Waals surface area contributed by atoms with E-state index in [1.165, 1.54) is 0 Å². The number of anilines is 3. The standard InChI is InChI=1S/C15H16ClN3O2/c1-9-7-11(17)10(16)8-13(9)19-15(20)18-12-5-3-4-6-14(12)21-2/h3-8H,17H2,1-2H3,(H2,18,19,20). The number of urea groups is 1. The molecular formula is C15H16ClN3O2. The zero-order valence-electron chi connectivity index (χ0n) is 11.7. The summed E-state index contributed by atoms with van der Waals surface area (Å²) in [5.41, 5.74) is 8.19. The highest BCUT2D eigenvalue weighted by Crippen LogP contribution is 2.27. The van der Waals surface area contributed by atoms with Crippen molar-refractivity contribution in [2.45, 2.75) is 6.92 Å². The van der Waals surface area contributed by atoms with Crippen molar-refractivity contribution in [3.63, 3.8) is 0 Å². The van der Waals surface area contributed by atoms with Crippen molar-refractivity contribution in [1.29, 1.82) is 0 Å². The highest BCUT2D eigenvalue weighted by atomic mass is 35.5. The molecule has 0 aromatic heterocycles. The number of nitrogen functional groups attached to an aromatic ring is 1. The molecule has 2 aromatic carbocycles. The van der Waals surface area contributed by atoms with E-state index in [-0.39, 0.29) is 6.03 Å². The van der Waals surface area contributed by atoms with Gasteiger partial charge in [-0.25, -0.2) is 4.79 Å². The van der Waals surface area contributed by atoms with Gasteiger partial charge in [0, 0.05) is 5.69 Å². The summed E-state index contributed by atoms with van der Waals surface area (Å²) in [4.78, 5) is 12.0. The Bertz CT molecular complexity index is 674. The molecule has 0 saturated carbocycles. The van der Waals surface area contributed by atoms with Gasteiger partial charge in [0.2, 0.25) is 0 Å². The van der Waals surface area contributed by atoms with Gasteiger partial charge in [-0.15, -0.1) is 0 Å². The molecule has 0 radical (unpaired) electrons. The van der Waals surface area contributed by atoms with Crippen molar-refractivity contribution < 1.29 is 9.53 Å². The maximum absolute atomic E-state index is 12.0. The minimum atomic E-state index is -0.386. The molecule has 2 amide bonds. The average Bonchev–Trinajstić information content (AvgIpc) is 2.45. The maximum atomic E-state index is 12.0. The summed E-state index contributed by atoms with van der Waals surface area (Å²) in [6, 6.07) is 10.1. The molecule has 6 heteroatoms. The Morgan fingerprint density at radius 1 is 1.19 bits per heavy atom. The van der Waals surface area contributed by atoms with Crippen molar-refractivity contribution in [3.8, 4) is 5.75 Å². The number of para-hydroxylation sites is 2. The van der Waals surface area contributed by atoms with Gasteiger partial charge in [-0.3, -0.25) is 0 Å². The molecule has 2 aromatic rings. The van der Waals surface area contributed by atoms with Crippen molar-refractivity contribution in [3.05, 3.63) is 47.0 Å². The molecule has 4 N–H and O–H groups in total. The van der Waals surface area contributed by atoms with Gasteiger partial charge in [-0.1, -0.05) is 23.7 Å². The van der Waals surface area contributed by atoms with E-state index in [0.717, 1.165) is 5.56 Å². The van der Waals surface area contributed by atoms with Crippen LogP contribution in [0.4, 0.5) is 21.9 Å². The fourth-order valence-electron chi connectivity index (χ4n) is 1.86. The molecule has 0 aliphatic carbocycles. The first kappa shape index (κ1) is 15.0. The predicted octanol–water partition coefficient (Wildman–Crippen LogP) is 3.88. The topological polar surface area (TPSA) is 76.4 Å². The Balaban J connectivity index is 2.14. The molecule has 110 valence electrons. The molecule has 0 spiro atoms. The molecular weight excluding hydrogens is 290 g/mol. The molecule has 5 nitrogen and oxygen atoms in total. The molecule has 21 heavy (non-hydrogen) atoms. The van der Waals surface area contributed by atoms with Gasteiger partial charge in [0.15, 0.2) is 0 Å². The van der Waals surface area contributed by atoms with Crippen LogP contribution in [0.2, 0.25) is 5.02 Å². The molecule has 0 unspecified atom stereocenters. The van der Waals surface area contributed by atoms with Crippen LogP contribution in [0.15, 0.2) is 36.4 Å². The fraction of sp³-hybridized carbons (Fsp3) is 0.133. The number of methoxy groups -OCH3 is 1. The number of ether oxygens (including phenoxy) is 1.